The number of carbonyl (C=O) groups is 1. The summed E-state index contributed by atoms with van der Waals surface area (Å²) in [4.78, 5) is 13.0. The highest BCUT2D eigenvalue weighted by atomic mass is 16.5. The molecule has 0 bridgehead atoms. The van der Waals surface area contributed by atoms with Crippen molar-refractivity contribution in [1.29, 1.82) is 0 Å². The van der Waals surface area contributed by atoms with Crippen molar-refractivity contribution in [2.45, 2.75) is 31.8 Å². The lowest BCUT2D eigenvalue weighted by atomic mass is 9.71. The quantitative estimate of drug-likeness (QED) is 0.828. The van der Waals surface area contributed by atoms with Crippen molar-refractivity contribution in [1.82, 2.24) is 0 Å². The van der Waals surface area contributed by atoms with Crippen LogP contribution in [0.2, 0.25) is 0 Å². The van der Waals surface area contributed by atoms with Gasteiger partial charge in [0.25, 0.3) is 0 Å². The van der Waals surface area contributed by atoms with Gasteiger partial charge in [-0.05, 0) is 24.0 Å². The van der Waals surface area contributed by atoms with Crippen LogP contribution in [0.25, 0.3) is 0 Å². The average molecular weight is 324 g/mol. The van der Waals surface area contributed by atoms with Crippen LogP contribution in [0.15, 0.2) is 54.6 Å². The molecular formula is C21H24O3. The van der Waals surface area contributed by atoms with Gasteiger partial charge in [0.15, 0.2) is 5.78 Å². The Bertz CT molecular complexity index is 695. The van der Waals surface area contributed by atoms with Crippen LogP contribution in [0.4, 0.5) is 0 Å². The molecule has 0 saturated heterocycles. The van der Waals surface area contributed by atoms with E-state index in [1.165, 1.54) is 11.1 Å². The second kappa shape index (κ2) is 7.29. The number of hydrogen-bond acceptors (Lipinski definition) is 3. The van der Waals surface area contributed by atoms with E-state index < -0.39 is 5.60 Å². The van der Waals surface area contributed by atoms with Crippen molar-refractivity contribution < 1.29 is 14.6 Å². The molecule has 0 radical (unpaired) electrons. The van der Waals surface area contributed by atoms with E-state index in [9.17, 15) is 9.90 Å². The van der Waals surface area contributed by atoms with Gasteiger partial charge in [-0.1, -0.05) is 61.5 Å². The van der Waals surface area contributed by atoms with E-state index in [-0.39, 0.29) is 24.9 Å². The van der Waals surface area contributed by atoms with Crippen molar-refractivity contribution in [3.63, 3.8) is 0 Å². The summed E-state index contributed by atoms with van der Waals surface area (Å²) in [6.45, 7) is 2.19. The van der Waals surface area contributed by atoms with E-state index >= 15 is 0 Å². The van der Waals surface area contributed by atoms with Gasteiger partial charge in [-0.3, -0.25) is 4.79 Å². The van der Waals surface area contributed by atoms with Crippen molar-refractivity contribution in [2.24, 2.45) is 5.92 Å². The molecule has 3 rings (SSSR count). The van der Waals surface area contributed by atoms with Crippen LogP contribution in [-0.4, -0.2) is 29.7 Å². The molecular weight excluding hydrogens is 300 g/mol. The van der Waals surface area contributed by atoms with Crippen LogP contribution in [0.5, 0.6) is 0 Å². The zero-order chi connectivity index (χ0) is 17.0. The van der Waals surface area contributed by atoms with Gasteiger partial charge in [0.05, 0.1) is 18.8 Å². The zero-order valence-electron chi connectivity index (χ0n) is 14.1. The van der Waals surface area contributed by atoms with E-state index in [2.05, 4.69) is 18.2 Å². The maximum Gasteiger partial charge on any atom is 0.168 e. The molecule has 126 valence electrons. The van der Waals surface area contributed by atoms with E-state index in [4.69, 9.17) is 4.74 Å². The summed E-state index contributed by atoms with van der Waals surface area (Å²) in [5.41, 5.74) is 2.75. The van der Waals surface area contributed by atoms with E-state index in [1.54, 1.807) is 0 Å². The predicted octanol–water partition coefficient (Wildman–Crippen LogP) is 3.44. The first-order valence-electron chi connectivity index (χ1n) is 8.57. The minimum absolute atomic E-state index is 0.0321. The maximum absolute atomic E-state index is 13.0. The number of benzene rings is 2. The first kappa shape index (κ1) is 16.9. The van der Waals surface area contributed by atoms with E-state index in [1.807, 2.05) is 43.3 Å². The zero-order valence-corrected chi connectivity index (χ0v) is 14.1. The molecule has 1 aliphatic rings. The SMILES string of the molecule is CC(C(=O)c1ccccc1)C1(OCCO)CCc2ccccc2C1. The molecule has 0 aromatic heterocycles. The lowest BCUT2D eigenvalue weighted by Gasteiger charge is -2.42. The summed E-state index contributed by atoms with van der Waals surface area (Å²) in [6, 6.07) is 17.7. The molecule has 2 atom stereocenters. The minimum Gasteiger partial charge on any atom is -0.394 e. The molecule has 3 heteroatoms. The number of carbonyl (C=O) groups excluding carboxylic acids is 1. The first-order chi connectivity index (χ1) is 11.7. The number of aliphatic hydroxyl groups excluding tert-OH is 1. The van der Waals surface area contributed by atoms with Gasteiger partial charge in [0.1, 0.15) is 0 Å². The number of Topliss-reactive ketones (excluding diaryl/α,β-unsaturated/α-hetero) is 1. The Labute approximate surface area is 143 Å². The standard InChI is InChI=1S/C21H24O3/c1-16(20(23)18-8-3-2-4-9-18)21(24-14-13-22)12-11-17-7-5-6-10-19(17)15-21/h2-10,16,22H,11-15H2,1H3. The van der Waals surface area contributed by atoms with Gasteiger partial charge in [-0.2, -0.15) is 0 Å². The Morgan fingerprint density at radius 1 is 1.12 bits per heavy atom. The summed E-state index contributed by atoms with van der Waals surface area (Å²) >= 11 is 0. The van der Waals surface area contributed by atoms with Crippen LogP contribution >= 0.6 is 0 Å². The monoisotopic (exact) mass is 324 g/mol. The Morgan fingerprint density at radius 3 is 2.50 bits per heavy atom. The van der Waals surface area contributed by atoms with Gasteiger partial charge in [-0.25, -0.2) is 0 Å². The number of ketones is 1. The number of fused-ring (bicyclic) bond motifs is 1. The summed E-state index contributed by atoms with van der Waals surface area (Å²) < 4.78 is 6.11. The van der Waals surface area contributed by atoms with Crippen LogP contribution < -0.4 is 0 Å². The van der Waals surface area contributed by atoms with Crippen molar-refractivity contribution in [2.75, 3.05) is 13.2 Å². The molecule has 2 unspecified atom stereocenters. The number of aliphatic hydroxyl groups is 1. The number of ether oxygens (including phenoxy) is 1. The third-order valence-corrected chi connectivity index (χ3v) is 5.15. The summed E-state index contributed by atoms with van der Waals surface area (Å²) in [7, 11) is 0. The van der Waals surface area contributed by atoms with Crippen LogP contribution in [0, 0.1) is 5.92 Å². The largest absolute Gasteiger partial charge is 0.394 e. The summed E-state index contributed by atoms with van der Waals surface area (Å²) in [6.07, 6.45) is 2.40. The molecule has 0 heterocycles. The Morgan fingerprint density at radius 2 is 1.79 bits per heavy atom. The highest BCUT2D eigenvalue weighted by Crippen LogP contribution is 2.38. The molecule has 3 nitrogen and oxygen atoms in total. The van der Waals surface area contributed by atoms with Crippen LogP contribution in [-0.2, 0) is 17.6 Å². The third kappa shape index (κ3) is 3.28. The maximum atomic E-state index is 13.0. The Kier molecular flexibility index (Phi) is 5.12. The van der Waals surface area contributed by atoms with Crippen LogP contribution in [0.3, 0.4) is 0 Å². The van der Waals surface area contributed by atoms with Crippen molar-refractivity contribution in [3.8, 4) is 0 Å². The molecule has 0 saturated carbocycles. The average Bonchev–Trinajstić information content (AvgIpc) is 2.65. The van der Waals surface area contributed by atoms with Crippen molar-refractivity contribution >= 4 is 5.78 Å². The van der Waals surface area contributed by atoms with Crippen molar-refractivity contribution in [3.05, 3.63) is 71.3 Å². The smallest absolute Gasteiger partial charge is 0.168 e. The lowest BCUT2D eigenvalue weighted by Crippen LogP contribution is -2.48. The third-order valence-electron chi connectivity index (χ3n) is 5.15. The van der Waals surface area contributed by atoms with Gasteiger partial charge in [0, 0.05) is 17.9 Å². The molecule has 2 aromatic carbocycles. The molecule has 24 heavy (non-hydrogen) atoms. The van der Waals surface area contributed by atoms with Crippen LogP contribution in [0.1, 0.15) is 34.8 Å². The number of hydrogen-bond donors (Lipinski definition) is 1. The topological polar surface area (TPSA) is 46.5 Å². The summed E-state index contributed by atoms with van der Waals surface area (Å²) in [5, 5.41) is 9.23. The predicted molar refractivity (Wildman–Crippen MR) is 94.2 cm³/mol. The lowest BCUT2D eigenvalue weighted by molar-refractivity contribution is -0.0909. The molecule has 1 aliphatic carbocycles. The molecule has 1 N–H and O–H groups in total. The van der Waals surface area contributed by atoms with Gasteiger partial charge >= 0.3 is 0 Å². The minimum atomic E-state index is -0.552. The van der Waals surface area contributed by atoms with Gasteiger partial charge in [-0.15, -0.1) is 0 Å². The Hall–Kier alpha value is -1.97. The number of rotatable bonds is 6. The second-order valence-corrected chi connectivity index (χ2v) is 6.53. The fourth-order valence-corrected chi connectivity index (χ4v) is 3.69. The fraction of sp³-hybridized carbons (Fsp3) is 0.381. The highest BCUT2D eigenvalue weighted by molar-refractivity contribution is 5.98. The fourth-order valence-electron chi connectivity index (χ4n) is 3.69. The van der Waals surface area contributed by atoms with E-state index in [0.717, 1.165) is 18.4 Å². The molecule has 0 amide bonds. The second-order valence-electron chi connectivity index (χ2n) is 6.53. The Balaban J connectivity index is 1.90. The molecule has 2 aromatic rings. The normalized spacial score (nSPS) is 21.1. The first-order valence-corrected chi connectivity index (χ1v) is 8.57. The van der Waals surface area contributed by atoms with Gasteiger partial charge < -0.3 is 9.84 Å². The molecule has 0 aliphatic heterocycles. The number of aryl methyl sites for hydroxylation is 1. The summed E-state index contributed by atoms with van der Waals surface area (Å²) in [5.74, 6) is -0.160. The highest BCUT2D eigenvalue weighted by Gasteiger charge is 2.43. The van der Waals surface area contributed by atoms with Gasteiger partial charge in [0.2, 0.25) is 0 Å². The molecule has 0 fully saturated rings. The van der Waals surface area contributed by atoms with E-state index in [0.29, 0.717) is 6.42 Å². The molecule has 0 spiro atoms.